The molecule has 1 amide bonds. The van der Waals surface area contributed by atoms with Crippen LogP contribution in [0, 0.1) is 0 Å². The van der Waals surface area contributed by atoms with E-state index in [-0.39, 0.29) is 5.91 Å². The Morgan fingerprint density at radius 1 is 0.962 bits per heavy atom. The van der Waals surface area contributed by atoms with E-state index in [4.69, 9.17) is 9.47 Å². The second-order valence-corrected chi connectivity index (χ2v) is 5.95. The Balaban J connectivity index is 1.76. The van der Waals surface area contributed by atoms with E-state index in [1.165, 1.54) is 0 Å². The maximum absolute atomic E-state index is 12.7. The van der Waals surface area contributed by atoms with Gasteiger partial charge in [0.2, 0.25) is 0 Å². The number of hydrogen-bond donors (Lipinski definition) is 0. The zero-order chi connectivity index (χ0) is 18.5. The molecule has 2 aromatic carbocycles. The molecule has 0 bridgehead atoms. The number of rotatable bonds is 6. The van der Waals surface area contributed by atoms with Crippen molar-refractivity contribution < 1.29 is 14.3 Å². The Morgan fingerprint density at radius 2 is 1.65 bits per heavy atom. The van der Waals surface area contributed by atoms with Crippen LogP contribution in [0.5, 0.6) is 11.5 Å². The minimum absolute atomic E-state index is 0.0473. The highest BCUT2D eigenvalue weighted by Crippen LogP contribution is 2.31. The van der Waals surface area contributed by atoms with E-state index in [1.807, 2.05) is 71.6 Å². The van der Waals surface area contributed by atoms with Crippen molar-refractivity contribution in [1.82, 2.24) is 9.47 Å². The largest absolute Gasteiger partial charge is 0.493 e. The predicted molar refractivity (Wildman–Crippen MR) is 101 cm³/mol. The third kappa shape index (κ3) is 3.57. The van der Waals surface area contributed by atoms with Crippen molar-refractivity contribution in [2.24, 2.45) is 0 Å². The van der Waals surface area contributed by atoms with Gasteiger partial charge in [0, 0.05) is 42.8 Å². The van der Waals surface area contributed by atoms with E-state index in [0.717, 1.165) is 11.3 Å². The molecule has 0 N–H and O–H groups in total. The second-order valence-electron chi connectivity index (χ2n) is 5.95. The average Bonchev–Trinajstić information content (AvgIpc) is 3.22. The van der Waals surface area contributed by atoms with Crippen LogP contribution in [0.15, 0.2) is 67.0 Å². The molecule has 26 heavy (non-hydrogen) atoms. The molecule has 3 rings (SSSR count). The standard InChI is InChI=1S/C21H22N2O3/c1-22(15-17-7-6-8-19(25-2)20(17)26-3)21(24)16-9-11-18(12-10-16)23-13-4-5-14-23/h4-14H,15H2,1-3H3. The van der Waals surface area contributed by atoms with Gasteiger partial charge < -0.3 is 18.9 Å². The summed E-state index contributed by atoms with van der Waals surface area (Å²) in [6.07, 6.45) is 3.94. The molecule has 134 valence electrons. The lowest BCUT2D eigenvalue weighted by molar-refractivity contribution is 0.0784. The molecule has 5 nitrogen and oxygen atoms in total. The number of aromatic nitrogens is 1. The zero-order valence-electron chi connectivity index (χ0n) is 15.2. The number of ether oxygens (including phenoxy) is 2. The van der Waals surface area contributed by atoms with Gasteiger partial charge in [-0.25, -0.2) is 0 Å². The lowest BCUT2D eigenvalue weighted by Crippen LogP contribution is -2.26. The average molecular weight is 350 g/mol. The molecule has 3 aromatic rings. The number of carbonyl (C=O) groups excluding carboxylic acids is 1. The molecular formula is C21H22N2O3. The smallest absolute Gasteiger partial charge is 0.253 e. The quantitative estimate of drug-likeness (QED) is 0.680. The van der Waals surface area contributed by atoms with Gasteiger partial charge in [0.15, 0.2) is 11.5 Å². The number of benzene rings is 2. The van der Waals surface area contributed by atoms with E-state index in [1.54, 1.807) is 26.2 Å². The Hall–Kier alpha value is -3.21. The summed E-state index contributed by atoms with van der Waals surface area (Å²) in [5, 5.41) is 0. The molecule has 5 heteroatoms. The third-order valence-electron chi connectivity index (χ3n) is 4.26. The molecule has 0 radical (unpaired) electrons. The number of methoxy groups -OCH3 is 2. The number of nitrogens with zero attached hydrogens (tertiary/aromatic N) is 2. The number of carbonyl (C=O) groups is 1. The Morgan fingerprint density at radius 3 is 2.27 bits per heavy atom. The first kappa shape index (κ1) is 17.6. The van der Waals surface area contributed by atoms with Crippen LogP contribution < -0.4 is 9.47 Å². The summed E-state index contributed by atoms with van der Waals surface area (Å²) in [4.78, 5) is 14.4. The Bertz CT molecular complexity index is 871. The van der Waals surface area contributed by atoms with Crippen LogP contribution in [-0.4, -0.2) is 36.6 Å². The Kier molecular flexibility index (Phi) is 5.27. The van der Waals surface area contributed by atoms with Crippen molar-refractivity contribution in [2.45, 2.75) is 6.54 Å². The number of hydrogen-bond acceptors (Lipinski definition) is 3. The second kappa shape index (κ2) is 7.78. The zero-order valence-corrected chi connectivity index (χ0v) is 15.2. The van der Waals surface area contributed by atoms with Crippen molar-refractivity contribution in [3.63, 3.8) is 0 Å². The first-order chi connectivity index (χ1) is 12.6. The predicted octanol–water partition coefficient (Wildman–Crippen LogP) is 3.77. The molecule has 0 aliphatic heterocycles. The fourth-order valence-corrected chi connectivity index (χ4v) is 2.91. The van der Waals surface area contributed by atoms with Gasteiger partial charge in [-0.3, -0.25) is 4.79 Å². The SMILES string of the molecule is COc1cccc(CN(C)C(=O)c2ccc(-n3cccc3)cc2)c1OC. The van der Waals surface area contributed by atoms with Crippen LogP contribution in [0.4, 0.5) is 0 Å². The molecule has 0 fully saturated rings. The highest BCUT2D eigenvalue weighted by molar-refractivity contribution is 5.94. The molecule has 0 atom stereocenters. The van der Waals surface area contributed by atoms with Gasteiger partial charge in [0.05, 0.1) is 14.2 Å². The van der Waals surface area contributed by atoms with Gasteiger partial charge >= 0.3 is 0 Å². The number of amides is 1. The third-order valence-corrected chi connectivity index (χ3v) is 4.26. The van der Waals surface area contributed by atoms with Gasteiger partial charge in [-0.05, 0) is 42.5 Å². The van der Waals surface area contributed by atoms with Crippen molar-refractivity contribution in [1.29, 1.82) is 0 Å². The first-order valence-electron chi connectivity index (χ1n) is 8.32. The highest BCUT2D eigenvalue weighted by atomic mass is 16.5. The summed E-state index contributed by atoms with van der Waals surface area (Å²) in [6.45, 7) is 0.429. The van der Waals surface area contributed by atoms with Crippen LogP contribution >= 0.6 is 0 Å². The van der Waals surface area contributed by atoms with E-state index >= 15 is 0 Å². The monoisotopic (exact) mass is 350 g/mol. The highest BCUT2D eigenvalue weighted by Gasteiger charge is 2.16. The van der Waals surface area contributed by atoms with Gasteiger partial charge in [-0.15, -0.1) is 0 Å². The molecule has 1 aromatic heterocycles. The van der Waals surface area contributed by atoms with E-state index in [2.05, 4.69) is 0 Å². The number of para-hydroxylation sites is 1. The van der Waals surface area contributed by atoms with Gasteiger partial charge in [-0.2, -0.15) is 0 Å². The molecule has 0 saturated carbocycles. The molecule has 0 spiro atoms. The summed E-state index contributed by atoms with van der Waals surface area (Å²) in [7, 11) is 4.98. The summed E-state index contributed by atoms with van der Waals surface area (Å²) in [5.74, 6) is 1.26. The summed E-state index contributed by atoms with van der Waals surface area (Å²) in [6, 6.07) is 17.2. The summed E-state index contributed by atoms with van der Waals surface area (Å²) < 4.78 is 12.8. The first-order valence-corrected chi connectivity index (χ1v) is 8.32. The lowest BCUT2D eigenvalue weighted by atomic mass is 10.1. The Labute approximate surface area is 153 Å². The topological polar surface area (TPSA) is 43.7 Å². The molecule has 0 saturated heterocycles. The van der Waals surface area contributed by atoms with Crippen LogP contribution in [0.2, 0.25) is 0 Å². The van der Waals surface area contributed by atoms with Crippen molar-refractivity contribution in [3.05, 3.63) is 78.1 Å². The van der Waals surface area contributed by atoms with E-state index in [9.17, 15) is 4.79 Å². The maximum atomic E-state index is 12.7. The normalized spacial score (nSPS) is 10.4. The van der Waals surface area contributed by atoms with Gasteiger partial charge in [0.1, 0.15) is 0 Å². The summed E-state index contributed by atoms with van der Waals surface area (Å²) >= 11 is 0. The molecule has 0 aliphatic carbocycles. The van der Waals surface area contributed by atoms with Crippen LogP contribution in [-0.2, 0) is 6.54 Å². The van der Waals surface area contributed by atoms with Crippen molar-refractivity contribution in [3.8, 4) is 17.2 Å². The van der Waals surface area contributed by atoms with Gasteiger partial charge in [-0.1, -0.05) is 12.1 Å². The van der Waals surface area contributed by atoms with E-state index < -0.39 is 0 Å². The molecule has 1 heterocycles. The molecular weight excluding hydrogens is 328 g/mol. The maximum Gasteiger partial charge on any atom is 0.253 e. The fourth-order valence-electron chi connectivity index (χ4n) is 2.91. The molecule has 0 unspecified atom stereocenters. The van der Waals surface area contributed by atoms with Crippen LogP contribution in [0.3, 0.4) is 0 Å². The van der Waals surface area contributed by atoms with Gasteiger partial charge in [0.25, 0.3) is 5.91 Å². The minimum Gasteiger partial charge on any atom is -0.493 e. The van der Waals surface area contributed by atoms with E-state index in [0.29, 0.717) is 23.6 Å². The summed E-state index contributed by atoms with van der Waals surface area (Å²) in [5.41, 5.74) is 2.56. The van der Waals surface area contributed by atoms with Crippen molar-refractivity contribution >= 4 is 5.91 Å². The fraction of sp³-hybridized carbons (Fsp3) is 0.190. The van der Waals surface area contributed by atoms with Crippen molar-refractivity contribution in [2.75, 3.05) is 21.3 Å². The minimum atomic E-state index is -0.0473. The van der Waals surface area contributed by atoms with Crippen LogP contribution in [0.25, 0.3) is 5.69 Å². The molecule has 0 aliphatic rings. The van der Waals surface area contributed by atoms with Crippen LogP contribution in [0.1, 0.15) is 15.9 Å². The lowest BCUT2D eigenvalue weighted by Gasteiger charge is -2.20.